The molecule has 0 atom stereocenters. The number of nitrogens with two attached hydrogens (primary N) is 1. The molecule has 0 aromatic carbocycles. The molecule has 106 valence electrons. The van der Waals surface area contributed by atoms with Crippen molar-refractivity contribution in [2.75, 3.05) is 5.73 Å². The number of carbonyl (C=O) groups excluding carboxylic acids is 1. The van der Waals surface area contributed by atoms with Crippen molar-refractivity contribution in [2.24, 2.45) is 0 Å². The standard InChI is InChI=1S/C12H20N4O3/c1-5-15-6-8(13)10(18)16(11(15)19)7-9(17)14-12(2,3)4/h6H,5,7,13H2,1-4H3,(H,14,17). The van der Waals surface area contributed by atoms with Gasteiger partial charge in [0, 0.05) is 18.3 Å². The molecule has 1 heterocycles. The van der Waals surface area contributed by atoms with E-state index in [9.17, 15) is 14.4 Å². The number of rotatable bonds is 3. The van der Waals surface area contributed by atoms with E-state index in [0.717, 1.165) is 4.57 Å². The number of aryl methyl sites for hydroxylation is 1. The van der Waals surface area contributed by atoms with Gasteiger partial charge >= 0.3 is 5.69 Å². The van der Waals surface area contributed by atoms with E-state index in [2.05, 4.69) is 5.32 Å². The predicted molar refractivity (Wildman–Crippen MR) is 72.9 cm³/mol. The van der Waals surface area contributed by atoms with Crippen LogP contribution in [-0.4, -0.2) is 20.6 Å². The molecule has 0 bridgehead atoms. The Labute approximate surface area is 111 Å². The molecule has 0 aliphatic heterocycles. The van der Waals surface area contributed by atoms with Gasteiger partial charge in [-0.3, -0.25) is 14.2 Å². The predicted octanol–water partition coefficient (Wildman–Crippen LogP) is -0.473. The van der Waals surface area contributed by atoms with Crippen LogP contribution in [0, 0.1) is 0 Å². The first-order valence-electron chi connectivity index (χ1n) is 6.06. The smallest absolute Gasteiger partial charge is 0.331 e. The summed E-state index contributed by atoms with van der Waals surface area (Å²) in [7, 11) is 0. The number of nitrogen functional groups attached to an aromatic ring is 1. The highest BCUT2D eigenvalue weighted by atomic mass is 16.2. The maximum Gasteiger partial charge on any atom is 0.331 e. The number of hydrogen-bond donors (Lipinski definition) is 2. The Morgan fingerprint density at radius 3 is 2.42 bits per heavy atom. The summed E-state index contributed by atoms with van der Waals surface area (Å²) in [6, 6.07) is 0. The minimum atomic E-state index is -0.640. The van der Waals surface area contributed by atoms with Gasteiger partial charge in [-0.25, -0.2) is 9.36 Å². The lowest BCUT2D eigenvalue weighted by Gasteiger charge is -2.20. The van der Waals surface area contributed by atoms with Gasteiger partial charge in [-0.2, -0.15) is 0 Å². The van der Waals surface area contributed by atoms with Crippen LogP contribution in [0.2, 0.25) is 0 Å². The zero-order chi connectivity index (χ0) is 14.8. The second-order valence-corrected chi connectivity index (χ2v) is 5.34. The van der Waals surface area contributed by atoms with Crippen LogP contribution in [-0.2, 0) is 17.9 Å². The number of carbonyl (C=O) groups is 1. The Morgan fingerprint density at radius 1 is 1.37 bits per heavy atom. The van der Waals surface area contributed by atoms with Crippen molar-refractivity contribution in [3.63, 3.8) is 0 Å². The molecule has 0 saturated carbocycles. The highest BCUT2D eigenvalue weighted by Gasteiger charge is 2.17. The number of hydrogen-bond acceptors (Lipinski definition) is 4. The van der Waals surface area contributed by atoms with Crippen LogP contribution < -0.4 is 22.3 Å². The van der Waals surface area contributed by atoms with Gasteiger partial charge in [0.15, 0.2) is 0 Å². The molecule has 1 aromatic rings. The molecule has 0 unspecified atom stereocenters. The molecule has 1 amide bonds. The minimum absolute atomic E-state index is 0.0509. The quantitative estimate of drug-likeness (QED) is 0.774. The van der Waals surface area contributed by atoms with Crippen LogP contribution in [0.15, 0.2) is 15.8 Å². The number of aromatic nitrogens is 2. The highest BCUT2D eigenvalue weighted by molar-refractivity contribution is 5.76. The molecular weight excluding hydrogens is 248 g/mol. The molecule has 7 nitrogen and oxygen atoms in total. The van der Waals surface area contributed by atoms with Crippen molar-refractivity contribution in [1.82, 2.24) is 14.5 Å². The molecule has 0 radical (unpaired) electrons. The van der Waals surface area contributed by atoms with Crippen molar-refractivity contribution < 1.29 is 4.79 Å². The molecular formula is C12H20N4O3. The number of nitrogens with zero attached hydrogens (tertiary/aromatic N) is 2. The first-order valence-corrected chi connectivity index (χ1v) is 6.06. The van der Waals surface area contributed by atoms with E-state index < -0.39 is 22.7 Å². The van der Waals surface area contributed by atoms with Gasteiger partial charge in [-0.05, 0) is 27.7 Å². The third-order valence-corrected chi connectivity index (χ3v) is 2.42. The Kier molecular flexibility index (Phi) is 4.18. The number of anilines is 1. The monoisotopic (exact) mass is 268 g/mol. The summed E-state index contributed by atoms with van der Waals surface area (Å²) >= 11 is 0. The molecule has 0 spiro atoms. The van der Waals surface area contributed by atoms with Gasteiger partial charge < -0.3 is 11.1 Å². The molecule has 7 heteroatoms. The van der Waals surface area contributed by atoms with Crippen LogP contribution >= 0.6 is 0 Å². The minimum Gasteiger partial charge on any atom is -0.393 e. The molecule has 1 aromatic heterocycles. The maximum atomic E-state index is 12.0. The topological polar surface area (TPSA) is 99.1 Å². The molecule has 0 aliphatic carbocycles. The fourth-order valence-electron chi connectivity index (χ4n) is 1.64. The van der Waals surface area contributed by atoms with Crippen LogP contribution in [0.3, 0.4) is 0 Å². The van der Waals surface area contributed by atoms with Crippen molar-refractivity contribution in [1.29, 1.82) is 0 Å². The summed E-state index contributed by atoms with van der Waals surface area (Å²) in [6.45, 7) is 7.25. The second kappa shape index (κ2) is 5.29. The van der Waals surface area contributed by atoms with Crippen LogP contribution in [0.4, 0.5) is 5.69 Å². The average Bonchev–Trinajstić information content (AvgIpc) is 2.27. The third-order valence-electron chi connectivity index (χ3n) is 2.42. The Bertz CT molecular complexity index is 592. The lowest BCUT2D eigenvalue weighted by Crippen LogP contribution is -2.47. The van der Waals surface area contributed by atoms with Crippen molar-refractivity contribution in [2.45, 2.75) is 46.3 Å². The van der Waals surface area contributed by atoms with Gasteiger partial charge in [-0.15, -0.1) is 0 Å². The molecule has 0 fully saturated rings. The number of amides is 1. The first-order chi connectivity index (χ1) is 8.65. The maximum absolute atomic E-state index is 12.0. The average molecular weight is 268 g/mol. The Morgan fingerprint density at radius 2 is 1.95 bits per heavy atom. The zero-order valence-corrected chi connectivity index (χ0v) is 11.7. The van der Waals surface area contributed by atoms with Gasteiger partial charge in [0.2, 0.25) is 5.91 Å². The van der Waals surface area contributed by atoms with E-state index >= 15 is 0 Å². The summed E-state index contributed by atoms with van der Waals surface area (Å²) in [4.78, 5) is 35.6. The van der Waals surface area contributed by atoms with Crippen molar-refractivity contribution >= 4 is 11.6 Å². The Hall–Kier alpha value is -2.05. The lowest BCUT2D eigenvalue weighted by molar-refractivity contribution is -0.123. The van der Waals surface area contributed by atoms with Crippen molar-refractivity contribution in [3.8, 4) is 0 Å². The summed E-state index contributed by atoms with van der Waals surface area (Å²) in [5.74, 6) is -0.403. The van der Waals surface area contributed by atoms with Gasteiger partial charge in [0.1, 0.15) is 12.2 Å². The lowest BCUT2D eigenvalue weighted by atomic mass is 10.1. The normalized spacial score (nSPS) is 11.4. The fourth-order valence-corrected chi connectivity index (χ4v) is 1.64. The largest absolute Gasteiger partial charge is 0.393 e. The van der Waals surface area contributed by atoms with Crippen LogP contribution in [0.5, 0.6) is 0 Å². The number of nitrogens with one attached hydrogen (secondary N) is 1. The highest BCUT2D eigenvalue weighted by Crippen LogP contribution is 1.98. The van der Waals surface area contributed by atoms with Gasteiger partial charge in [-0.1, -0.05) is 0 Å². The molecule has 1 rings (SSSR count). The van der Waals surface area contributed by atoms with E-state index in [0.29, 0.717) is 6.54 Å². The van der Waals surface area contributed by atoms with E-state index in [-0.39, 0.29) is 12.2 Å². The molecule has 0 saturated heterocycles. The van der Waals surface area contributed by atoms with E-state index in [1.54, 1.807) is 6.92 Å². The van der Waals surface area contributed by atoms with E-state index in [1.807, 2.05) is 20.8 Å². The fraction of sp³-hybridized carbons (Fsp3) is 0.583. The molecule has 19 heavy (non-hydrogen) atoms. The molecule has 3 N–H and O–H groups in total. The second-order valence-electron chi connectivity index (χ2n) is 5.34. The van der Waals surface area contributed by atoms with E-state index in [4.69, 9.17) is 5.73 Å². The summed E-state index contributed by atoms with van der Waals surface area (Å²) in [6.07, 6.45) is 1.29. The third kappa shape index (κ3) is 3.70. The van der Waals surface area contributed by atoms with E-state index in [1.165, 1.54) is 10.8 Å². The van der Waals surface area contributed by atoms with Crippen LogP contribution in [0.25, 0.3) is 0 Å². The first kappa shape index (κ1) is 15.0. The SMILES string of the molecule is CCn1cc(N)c(=O)n(CC(=O)NC(C)(C)C)c1=O. The molecule has 0 aliphatic rings. The van der Waals surface area contributed by atoms with Crippen LogP contribution in [0.1, 0.15) is 27.7 Å². The summed E-state index contributed by atoms with van der Waals surface area (Å²) in [5.41, 5.74) is 3.89. The Balaban J connectivity index is 3.15. The van der Waals surface area contributed by atoms with Crippen molar-refractivity contribution in [3.05, 3.63) is 27.0 Å². The summed E-state index contributed by atoms with van der Waals surface area (Å²) < 4.78 is 2.14. The summed E-state index contributed by atoms with van der Waals surface area (Å²) in [5, 5.41) is 2.69. The zero-order valence-electron chi connectivity index (χ0n) is 11.7. The van der Waals surface area contributed by atoms with Gasteiger partial charge in [0.25, 0.3) is 5.56 Å². The van der Waals surface area contributed by atoms with Gasteiger partial charge in [0.05, 0.1) is 0 Å².